The van der Waals surface area contributed by atoms with Crippen LogP contribution in [-0.4, -0.2) is 12.6 Å². The number of nitrogens with zero attached hydrogens (tertiary/aromatic N) is 1. The summed E-state index contributed by atoms with van der Waals surface area (Å²) in [7, 11) is 0. The Bertz CT molecular complexity index is 361. The van der Waals surface area contributed by atoms with Crippen molar-refractivity contribution in [1.29, 1.82) is 0 Å². The van der Waals surface area contributed by atoms with E-state index in [9.17, 15) is 4.39 Å². The van der Waals surface area contributed by atoms with Gasteiger partial charge in [-0.15, -0.1) is 0 Å². The molecular weight excluding hydrogens is 215 g/mol. The van der Waals surface area contributed by atoms with Crippen molar-refractivity contribution in [2.45, 2.75) is 46.2 Å². The minimum absolute atomic E-state index is 0.209. The number of halogens is 1. The predicted molar refractivity (Wildman–Crippen MR) is 71.8 cm³/mol. The number of anilines is 1. The minimum Gasteiger partial charge on any atom is -0.369 e. The van der Waals surface area contributed by atoms with Gasteiger partial charge >= 0.3 is 0 Å². The molecule has 0 saturated heterocycles. The van der Waals surface area contributed by atoms with Crippen LogP contribution in [0.5, 0.6) is 0 Å². The molecule has 2 N–H and O–H groups in total. The molecule has 0 amide bonds. The Morgan fingerprint density at radius 2 is 1.94 bits per heavy atom. The molecule has 0 spiro atoms. The summed E-state index contributed by atoms with van der Waals surface area (Å²) in [6.07, 6.45) is 1.03. The highest BCUT2D eigenvalue weighted by Crippen LogP contribution is 2.29. The van der Waals surface area contributed by atoms with Crippen LogP contribution in [0.1, 0.15) is 45.7 Å². The number of rotatable bonds is 5. The summed E-state index contributed by atoms with van der Waals surface area (Å²) in [6, 6.07) is 5.24. The zero-order valence-electron chi connectivity index (χ0n) is 11.2. The maximum atomic E-state index is 13.9. The maximum Gasteiger partial charge on any atom is 0.130 e. The van der Waals surface area contributed by atoms with Crippen molar-refractivity contribution in [3.8, 4) is 0 Å². The molecule has 3 heteroatoms. The van der Waals surface area contributed by atoms with Crippen LogP contribution in [0, 0.1) is 5.82 Å². The van der Waals surface area contributed by atoms with Crippen LogP contribution in [0.2, 0.25) is 0 Å². The van der Waals surface area contributed by atoms with Crippen molar-refractivity contribution < 1.29 is 4.39 Å². The van der Waals surface area contributed by atoms with Gasteiger partial charge in [-0.25, -0.2) is 4.39 Å². The third kappa shape index (κ3) is 3.19. The predicted octanol–water partition coefficient (Wildman–Crippen LogP) is 3.47. The highest BCUT2D eigenvalue weighted by molar-refractivity contribution is 5.56. The van der Waals surface area contributed by atoms with Crippen molar-refractivity contribution in [1.82, 2.24) is 0 Å². The molecule has 0 aliphatic rings. The van der Waals surface area contributed by atoms with E-state index < -0.39 is 0 Å². The summed E-state index contributed by atoms with van der Waals surface area (Å²) < 4.78 is 13.9. The second kappa shape index (κ2) is 6.01. The van der Waals surface area contributed by atoms with Gasteiger partial charge in [-0.2, -0.15) is 0 Å². The topological polar surface area (TPSA) is 29.3 Å². The molecule has 0 bridgehead atoms. The standard InChI is InChI=1S/C14H23FN2/c1-5-9-17(10(2)3)13-8-6-7-12(15)14(13)11(4)16/h6-8,10-11H,5,9,16H2,1-4H3. The molecule has 1 unspecified atom stereocenters. The lowest BCUT2D eigenvalue weighted by Gasteiger charge is -2.31. The van der Waals surface area contributed by atoms with Crippen LogP contribution in [0.15, 0.2) is 18.2 Å². The zero-order chi connectivity index (χ0) is 13.0. The summed E-state index contributed by atoms with van der Waals surface area (Å²) in [4.78, 5) is 2.21. The van der Waals surface area contributed by atoms with Crippen LogP contribution >= 0.6 is 0 Å². The van der Waals surface area contributed by atoms with E-state index >= 15 is 0 Å². The monoisotopic (exact) mass is 238 g/mol. The lowest BCUT2D eigenvalue weighted by atomic mass is 10.0. The SMILES string of the molecule is CCCN(c1cccc(F)c1C(C)N)C(C)C. The maximum absolute atomic E-state index is 13.9. The zero-order valence-corrected chi connectivity index (χ0v) is 11.2. The van der Waals surface area contributed by atoms with E-state index in [1.807, 2.05) is 13.0 Å². The molecular formula is C14H23FN2. The molecule has 0 saturated carbocycles. The highest BCUT2D eigenvalue weighted by atomic mass is 19.1. The van der Waals surface area contributed by atoms with Crippen molar-refractivity contribution in [2.75, 3.05) is 11.4 Å². The van der Waals surface area contributed by atoms with Gasteiger partial charge in [0.25, 0.3) is 0 Å². The first-order valence-corrected chi connectivity index (χ1v) is 6.29. The van der Waals surface area contributed by atoms with E-state index in [0.29, 0.717) is 11.6 Å². The van der Waals surface area contributed by atoms with Gasteiger partial charge in [-0.1, -0.05) is 13.0 Å². The average Bonchev–Trinajstić information content (AvgIpc) is 2.24. The Kier molecular flexibility index (Phi) is 4.94. The van der Waals surface area contributed by atoms with Crippen LogP contribution in [0.3, 0.4) is 0 Å². The van der Waals surface area contributed by atoms with E-state index in [1.165, 1.54) is 6.07 Å². The molecule has 2 nitrogen and oxygen atoms in total. The summed E-state index contributed by atoms with van der Waals surface area (Å²) in [6.45, 7) is 9.10. The smallest absolute Gasteiger partial charge is 0.130 e. The molecule has 1 aromatic rings. The Hall–Kier alpha value is -1.09. The minimum atomic E-state index is -0.288. The van der Waals surface area contributed by atoms with Crippen LogP contribution in [0.25, 0.3) is 0 Å². The molecule has 1 atom stereocenters. The van der Waals surface area contributed by atoms with Crippen molar-refractivity contribution >= 4 is 5.69 Å². The molecule has 1 rings (SSSR count). The summed E-state index contributed by atoms with van der Waals surface area (Å²) >= 11 is 0. The number of hydrogen-bond acceptors (Lipinski definition) is 2. The van der Waals surface area contributed by atoms with Crippen LogP contribution in [-0.2, 0) is 0 Å². The van der Waals surface area contributed by atoms with Gasteiger partial charge in [-0.05, 0) is 39.3 Å². The van der Waals surface area contributed by atoms with Gasteiger partial charge in [0.05, 0.1) is 0 Å². The number of nitrogens with two attached hydrogens (primary N) is 1. The Morgan fingerprint density at radius 1 is 1.29 bits per heavy atom. The van der Waals surface area contributed by atoms with E-state index in [4.69, 9.17) is 5.73 Å². The van der Waals surface area contributed by atoms with Gasteiger partial charge in [0.2, 0.25) is 0 Å². The lowest BCUT2D eigenvalue weighted by molar-refractivity contribution is 0.585. The van der Waals surface area contributed by atoms with E-state index in [0.717, 1.165) is 18.7 Å². The largest absolute Gasteiger partial charge is 0.369 e. The van der Waals surface area contributed by atoms with Gasteiger partial charge in [0.15, 0.2) is 0 Å². The van der Waals surface area contributed by atoms with Crippen molar-refractivity contribution in [2.24, 2.45) is 5.73 Å². The van der Waals surface area contributed by atoms with E-state index in [1.54, 1.807) is 6.07 Å². The molecule has 0 aliphatic heterocycles. The Balaban J connectivity index is 3.22. The number of hydrogen-bond donors (Lipinski definition) is 1. The molecule has 0 heterocycles. The first kappa shape index (κ1) is 14.0. The van der Waals surface area contributed by atoms with Gasteiger partial charge in [-0.3, -0.25) is 0 Å². The molecule has 0 aliphatic carbocycles. The normalized spacial score (nSPS) is 12.9. The van der Waals surface area contributed by atoms with Gasteiger partial charge in [0, 0.05) is 29.9 Å². The third-order valence-corrected chi connectivity index (χ3v) is 2.88. The fourth-order valence-electron chi connectivity index (χ4n) is 2.12. The quantitative estimate of drug-likeness (QED) is 0.851. The second-order valence-corrected chi connectivity index (χ2v) is 4.75. The second-order valence-electron chi connectivity index (χ2n) is 4.75. The fraction of sp³-hybridized carbons (Fsp3) is 0.571. The summed E-state index contributed by atoms with van der Waals surface area (Å²) in [5, 5.41) is 0. The average molecular weight is 238 g/mol. The summed E-state index contributed by atoms with van der Waals surface area (Å²) in [5.41, 5.74) is 7.43. The van der Waals surface area contributed by atoms with Gasteiger partial charge in [0.1, 0.15) is 5.82 Å². The molecule has 1 aromatic carbocycles. The first-order chi connectivity index (χ1) is 7.99. The molecule has 96 valence electrons. The highest BCUT2D eigenvalue weighted by Gasteiger charge is 2.18. The summed E-state index contributed by atoms with van der Waals surface area (Å²) in [5.74, 6) is -0.209. The number of benzene rings is 1. The van der Waals surface area contributed by atoms with E-state index in [2.05, 4.69) is 25.7 Å². The van der Waals surface area contributed by atoms with Crippen LogP contribution < -0.4 is 10.6 Å². The Morgan fingerprint density at radius 3 is 2.41 bits per heavy atom. The van der Waals surface area contributed by atoms with Gasteiger partial charge < -0.3 is 10.6 Å². The van der Waals surface area contributed by atoms with E-state index in [-0.39, 0.29) is 11.9 Å². The molecule has 0 fully saturated rings. The Labute approximate surface area is 104 Å². The first-order valence-electron chi connectivity index (χ1n) is 6.29. The van der Waals surface area contributed by atoms with Crippen molar-refractivity contribution in [3.05, 3.63) is 29.6 Å². The fourth-order valence-corrected chi connectivity index (χ4v) is 2.12. The lowest BCUT2D eigenvalue weighted by Crippen LogP contribution is -2.33. The molecule has 17 heavy (non-hydrogen) atoms. The molecule has 0 aromatic heterocycles. The third-order valence-electron chi connectivity index (χ3n) is 2.88. The van der Waals surface area contributed by atoms with Crippen molar-refractivity contribution in [3.63, 3.8) is 0 Å². The molecule has 0 radical (unpaired) electrons. The van der Waals surface area contributed by atoms with Crippen LogP contribution in [0.4, 0.5) is 10.1 Å².